The molecule has 8 nitrogen and oxygen atoms in total. The Morgan fingerprint density at radius 2 is 1.69 bits per heavy atom. The van der Waals surface area contributed by atoms with E-state index in [1.54, 1.807) is 36.9 Å². The SMILES string of the molecule is COc1c(Cc2ccc(-c3ncccn3)s2)cc([C@@H]2O[C@H](CO)[C@@H](O)[C@H](O)[C@H]2O)c2ccccc12. The van der Waals surface area contributed by atoms with Crippen LogP contribution in [0.1, 0.15) is 22.1 Å². The molecule has 2 aromatic carbocycles. The van der Waals surface area contributed by atoms with Crippen molar-refractivity contribution in [3.63, 3.8) is 0 Å². The largest absolute Gasteiger partial charge is 0.496 e. The molecule has 2 aromatic heterocycles. The number of thiophene rings is 1. The average Bonchev–Trinajstić information content (AvgIpc) is 3.36. The molecular weight excluding hydrogens is 468 g/mol. The molecule has 0 unspecified atom stereocenters. The van der Waals surface area contributed by atoms with Gasteiger partial charge in [-0.25, -0.2) is 9.97 Å². The summed E-state index contributed by atoms with van der Waals surface area (Å²) in [6.45, 7) is -0.484. The van der Waals surface area contributed by atoms with Gasteiger partial charge in [0, 0.05) is 34.6 Å². The topological polar surface area (TPSA) is 125 Å². The zero-order valence-corrected chi connectivity index (χ0v) is 19.8. The number of methoxy groups -OCH3 is 1. The van der Waals surface area contributed by atoms with Crippen molar-refractivity contribution >= 4 is 22.1 Å². The number of hydrogen-bond donors (Lipinski definition) is 4. The molecule has 0 radical (unpaired) electrons. The van der Waals surface area contributed by atoms with Gasteiger partial charge >= 0.3 is 0 Å². The Hall–Kier alpha value is -2.92. The third-order valence-electron chi connectivity index (χ3n) is 6.32. The fourth-order valence-electron chi connectivity index (χ4n) is 4.61. The lowest BCUT2D eigenvalue weighted by Crippen LogP contribution is -2.55. The summed E-state index contributed by atoms with van der Waals surface area (Å²) in [6, 6.07) is 15.3. The van der Waals surface area contributed by atoms with Crippen LogP contribution >= 0.6 is 11.3 Å². The molecular formula is C26H26N2O6S. The molecule has 1 aliphatic heterocycles. The minimum Gasteiger partial charge on any atom is -0.496 e. The number of aromatic nitrogens is 2. The smallest absolute Gasteiger partial charge is 0.169 e. The van der Waals surface area contributed by atoms with Crippen LogP contribution < -0.4 is 4.74 Å². The summed E-state index contributed by atoms with van der Waals surface area (Å²) in [4.78, 5) is 10.7. The predicted octanol–water partition coefficient (Wildman–Crippen LogP) is 2.47. The maximum Gasteiger partial charge on any atom is 0.169 e. The number of fused-ring (bicyclic) bond motifs is 1. The lowest BCUT2D eigenvalue weighted by molar-refractivity contribution is -0.231. The van der Waals surface area contributed by atoms with Crippen LogP contribution in [0.5, 0.6) is 5.75 Å². The quantitative estimate of drug-likeness (QED) is 0.322. The predicted molar refractivity (Wildman–Crippen MR) is 131 cm³/mol. The van der Waals surface area contributed by atoms with Gasteiger partial charge in [0.1, 0.15) is 36.3 Å². The summed E-state index contributed by atoms with van der Waals surface area (Å²) >= 11 is 1.58. The standard InChI is InChI=1S/C26H26N2O6S/c1-33-24-14(11-15-7-8-20(35-15)26-27-9-4-10-28-26)12-18(16-5-2-3-6-17(16)24)25-23(32)22(31)21(30)19(13-29)34-25/h2-10,12,19,21-23,25,29-32H,11,13H2,1H3/t19-,21-,22+,23-,25+/m1/s1. The molecule has 35 heavy (non-hydrogen) atoms. The van der Waals surface area contributed by atoms with Gasteiger partial charge in [-0.05, 0) is 35.2 Å². The molecule has 0 bridgehead atoms. The van der Waals surface area contributed by atoms with Crippen molar-refractivity contribution in [1.29, 1.82) is 0 Å². The molecule has 3 heterocycles. The first-order valence-electron chi connectivity index (χ1n) is 11.3. The van der Waals surface area contributed by atoms with Crippen molar-refractivity contribution in [2.45, 2.75) is 36.9 Å². The summed E-state index contributed by atoms with van der Waals surface area (Å²) in [5, 5.41) is 42.7. The molecule has 0 spiro atoms. The maximum absolute atomic E-state index is 10.8. The Bertz CT molecular complexity index is 1310. The van der Waals surface area contributed by atoms with Crippen molar-refractivity contribution < 1.29 is 29.9 Å². The fraction of sp³-hybridized carbons (Fsp3) is 0.308. The molecule has 182 valence electrons. The van der Waals surface area contributed by atoms with Gasteiger partial charge in [-0.3, -0.25) is 0 Å². The van der Waals surface area contributed by atoms with E-state index in [0.29, 0.717) is 23.6 Å². The highest BCUT2D eigenvalue weighted by Gasteiger charge is 2.44. The summed E-state index contributed by atoms with van der Waals surface area (Å²) < 4.78 is 11.7. The third kappa shape index (κ3) is 4.42. The third-order valence-corrected chi connectivity index (χ3v) is 7.40. The van der Waals surface area contributed by atoms with Crippen LogP contribution in [0, 0.1) is 0 Å². The van der Waals surface area contributed by atoms with Crippen molar-refractivity contribution in [3.8, 4) is 16.5 Å². The molecule has 4 N–H and O–H groups in total. The average molecular weight is 495 g/mol. The van der Waals surface area contributed by atoms with E-state index in [0.717, 1.165) is 26.1 Å². The monoisotopic (exact) mass is 494 g/mol. The molecule has 0 saturated carbocycles. The zero-order chi connectivity index (χ0) is 24.5. The van der Waals surface area contributed by atoms with E-state index in [4.69, 9.17) is 9.47 Å². The first-order valence-corrected chi connectivity index (χ1v) is 12.1. The van der Waals surface area contributed by atoms with E-state index in [2.05, 4.69) is 9.97 Å². The lowest BCUT2D eigenvalue weighted by Gasteiger charge is -2.40. The molecule has 9 heteroatoms. The van der Waals surface area contributed by atoms with Crippen LogP contribution in [0.4, 0.5) is 0 Å². The Morgan fingerprint density at radius 3 is 2.40 bits per heavy atom. The Balaban J connectivity index is 1.58. The van der Waals surface area contributed by atoms with E-state index in [1.165, 1.54) is 0 Å². The van der Waals surface area contributed by atoms with Crippen LogP contribution in [-0.4, -0.2) is 68.5 Å². The summed E-state index contributed by atoms with van der Waals surface area (Å²) in [5.41, 5.74) is 1.53. The number of hydrogen-bond acceptors (Lipinski definition) is 9. The van der Waals surface area contributed by atoms with E-state index >= 15 is 0 Å². The molecule has 5 atom stereocenters. The molecule has 0 amide bonds. The van der Waals surface area contributed by atoms with Gasteiger partial charge in [0.15, 0.2) is 5.82 Å². The van der Waals surface area contributed by atoms with E-state index in [9.17, 15) is 20.4 Å². The molecule has 1 saturated heterocycles. The summed E-state index contributed by atoms with van der Waals surface area (Å²) in [6.07, 6.45) is -2.22. The van der Waals surface area contributed by atoms with E-state index in [-0.39, 0.29) is 0 Å². The lowest BCUT2D eigenvalue weighted by atomic mass is 9.87. The van der Waals surface area contributed by atoms with Gasteiger partial charge in [0.2, 0.25) is 0 Å². The van der Waals surface area contributed by atoms with Crippen molar-refractivity contribution in [2.24, 2.45) is 0 Å². The van der Waals surface area contributed by atoms with Gasteiger partial charge in [-0.15, -0.1) is 11.3 Å². The normalized spacial score (nSPS) is 24.5. The van der Waals surface area contributed by atoms with Gasteiger partial charge in [-0.1, -0.05) is 24.3 Å². The van der Waals surface area contributed by atoms with Gasteiger partial charge in [-0.2, -0.15) is 0 Å². The van der Waals surface area contributed by atoms with E-state index < -0.39 is 37.1 Å². The second kappa shape index (κ2) is 9.98. The Morgan fingerprint density at radius 1 is 0.943 bits per heavy atom. The molecule has 5 rings (SSSR count). The van der Waals surface area contributed by atoms with Crippen LogP contribution in [0.2, 0.25) is 0 Å². The first kappa shape index (κ1) is 23.8. The highest BCUT2D eigenvalue weighted by molar-refractivity contribution is 7.15. The number of aliphatic hydroxyl groups excluding tert-OH is 4. The van der Waals surface area contributed by atoms with Crippen molar-refractivity contribution in [2.75, 3.05) is 13.7 Å². The Labute approximate surface area is 206 Å². The zero-order valence-electron chi connectivity index (χ0n) is 19.0. The van der Waals surface area contributed by atoms with Crippen molar-refractivity contribution in [1.82, 2.24) is 9.97 Å². The van der Waals surface area contributed by atoms with Gasteiger partial charge in [0.25, 0.3) is 0 Å². The second-order valence-corrected chi connectivity index (χ2v) is 9.64. The summed E-state index contributed by atoms with van der Waals surface area (Å²) in [7, 11) is 1.62. The number of benzene rings is 2. The van der Waals surface area contributed by atoms with Crippen LogP contribution in [0.15, 0.2) is 60.9 Å². The molecule has 1 aliphatic rings. The van der Waals surface area contributed by atoms with Crippen LogP contribution in [0.25, 0.3) is 21.5 Å². The van der Waals surface area contributed by atoms with Gasteiger partial charge < -0.3 is 29.9 Å². The highest BCUT2D eigenvalue weighted by Crippen LogP contribution is 2.41. The molecule has 1 fully saturated rings. The second-order valence-electron chi connectivity index (χ2n) is 8.47. The number of ether oxygens (including phenoxy) is 2. The van der Waals surface area contributed by atoms with Crippen LogP contribution in [0.3, 0.4) is 0 Å². The Kier molecular flexibility index (Phi) is 6.79. The molecule has 0 aliphatic carbocycles. The fourth-order valence-corrected chi connectivity index (χ4v) is 5.59. The minimum absolute atomic E-state index is 0.484. The maximum atomic E-state index is 10.8. The first-order chi connectivity index (χ1) is 17.0. The number of nitrogens with zero attached hydrogens (tertiary/aromatic N) is 2. The van der Waals surface area contributed by atoms with E-state index in [1.807, 2.05) is 42.5 Å². The minimum atomic E-state index is -1.46. The molecule has 4 aromatic rings. The van der Waals surface area contributed by atoms with Gasteiger partial charge in [0.05, 0.1) is 18.6 Å². The number of aliphatic hydroxyl groups is 4. The van der Waals surface area contributed by atoms with Crippen LogP contribution in [-0.2, 0) is 11.2 Å². The summed E-state index contributed by atoms with van der Waals surface area (Å²) in [5.74, 6) is 1.37. The van der Waals surface area contributed by atoms with Crippen molar-refractivity contribution in [3.05, 3.63) is 76.9 Å². The highest BCUT2D eigenvalue weighted by atomic mass is 32.1. The number of rotatable bonds is 6.